The number of urea groups is 5. The van der Waals surface area contributed by atoms with Crippen molar-refractivity contribution in [1.29, 1.82) is 0 Å². The van der Waals surface area contributed by atoms with Gasteiger partial charge in [0, 0.05) is 42.3 Å². The minimum absolute atomic E-state index is 0.537. The van der Waals surface area contributed by atoms with Gasteiger partial charge in [-0.15, -0.1) is 0 Å². The number of hydrogen-bond donors (Lipinski definition) is 9. The summed E-state index contributed by atoms with van der Waals surface area (Å²) in [6.45, 7) is 1.59. The Hall–Kier alpha value is -3.65. The van der Waals surface area contributed by atoms with E-state index < -0.39 is 54.4 Å². The molecule has 4 atom stereocenters. The molecule has 0 aromatic heterocycles. The van der Waals surface area contributed by atoms with Crippen LogP contribution >= 0.6 is 0 Å². The number of rotatable bonds is 8. The first kappa shape index (κ1) is 27.4. The third-order valence-corrected chi connectivity index (χ3v) is 4.36. The second-order valence-corrected chi connectivity index (χ2v) is 6.34. The van der Waals surface area contributed by atoms with Gasteiger partial charge < -0.3 is 52.8 Å². The topological polar surface area (TPSA) is 197 Å². The van der Waals surface area contributed by atoms with E-state index in [4.69, 9.17) is 0 Å². The molecule has 0 saturated carbocycles. The van der Waals surface area contributed by atoms with Gasteiger partial charge in [0.1, 0.15) is 6.17 Å². The first-order valence-electron chi connectivity index (χ1n) is 9.43. The summed E-state index contributed by atoms with van der Waals surface area (Å²) in [5, 5.41) is 22.5. The van der Waals surface area contributed by atoms with Crippen LogP contribution in [0.3, 0.4) is 0 Å². The largest absolute Gasteiger partial charge is 0.341 e. The van der Waals surface area contributed by atoms with Crippen molar-refractivity contribution < 1.29 is 24.0 Å². The number of carbonyl (C=O) groups excluding carboxylic acids is 5. The van der Waals surface area contributed by atoms with E-state index >= 15 is 0 Å². The Morgan fingerprint density at radius 1 is 0.581 bits per heavy atom. The summed E-state index contributed by atoms with van der Waals surface area (Å²) in [7, 11) is 8.35. The van der Waals surface area contributed by atoms with Gasteiger partial charge in [-0.3, -0.25) is 0 Å². The molecule has 0 aromatic carbocycles. The molecule has 0 rings (SSSR count). The van der Waals surface area contributed by atoms with Crippen LogP contribution in [0.2, 0.25) is 0 Å². The third-order valence-electron chi connectivity index (χ3n) is 4.36. The van der Waals surface area contributed by atoms with Gasteiger partial charge in [-0.05, 0) is 6.92 Å². The summed E-state index contributed by atoms with van der Waals surface area (Å²) in [5.74, 6) is 0. The average molecular weight is 447 g/mol. The molecule has 0 spiro atoms. The molecule has 0 aliphatic heterocycles. The molecule has 0 aromatic rings. The predicted molar refractivity (Wildman–Crippen MR) is 113 cm³/mol. The van der Waals surface area contributed by atoms with Crippen molar-refractivity contribution in [1.82, 2.24) is 52.8 Å². The van der Waals surface area contributed by atoms with Crippen molar-refractivity contribution >= 4 is 30.2 Å². The molecule has 4 unspecified atom stereocenters. The second kappa shape index (κ2) is 13.6. The predicted octanol–water partition coefficient (Wildman–Crippen LogP) is -2.57. The highest BCUT2D eigenvalue weighted by molar-refractivity contribution is 5.79. The van der Waals surface area contributed by atoms with Gasteiger partial charge in [0.25, 0.3) is 0 Å². The lowest BCUT2D eigenvalue weighted by atomic mass is 9.97. The quantitative estimate of drug-likeness (QED) is 0.184. The maximum atomic E-state index is 12.3. The Morgan fingerprint density at radius 2 is 0.968 bits per heavy atom. The van der Waals surface area contributed by atoms with Crippen LogP contribution < -0.4 is 47.9 Å². The molecular weight excluding hydrogens is 412 g/mol. The van der Waals surface area contributed by atoms with Gasteiger partial charge in [-0.1, -0.05) is 0 Å². The molecule has 0 saturated heterocycles. The van der Waals surface area contributed by atoms with Crippen molar-refractivity contribution in [3.63, 3.8) is 0 Å². The Bertz CT molecular complexity index is 646. The van der Waals surface area contributed by atoms with E-state index in [1.807, 2.05) is 0 Å². The second-order valence-electron chi connectivity index (χ2n) is 6.34. The van der Waals surface area contributed by atoms with Gasteiger partial charge in [0.05, 0.1) is 18.1 Å². The van der Waals surface area contributed by atoms with Crippen LogP contribution in [0.5, 0.6) is 0 Å². The minimum Gasteiger partial charge on any atom is -0.341 e. The smallest absolute Gasteiger partial charge is 0.318 e. The lowest BCUT2D eigenvalue weighted by molar-refractivity contribution is 0.139. The summed E-state index contributed by atoms with van der Waals surface area (Å²) in [5.41, 5.74) is 0. The number of nitrogens with one attached hydrogen (secondary N) is 9. The van der Waals surface area contributed by atoms with Crippen LogP contribution in [0, 0.1) is 0 Å². The maximum Gasteiger partial charge on any atom is 0.318 e. The fourth-order valence-corrected chi connectivity index (χ4v) is 2.64. The van der Waals surface area contributed by atoms with Crippen molar-refractivity contribution in [2.24, 2.45) is 0 Å². The zero-order valence-corrected chi connectivity index (χ0v) is 18.8. The van der Waals surface area contributed by atoms with Gasteiger partial charge in [0.2, 0.25) is 0 Å². The van der Waals surface area contributed by atoms with Crippen LogP contribution in [-0.4, -0.2) is 102 Å². The summed E-state index contributed by atoms with van der Waals surface area (Å²) < 4.78 is 0. The normalized spacial score (nSPS) is 13.8. The molecule has 10 amide bonds. The number of hydrogen-bond acceptors (Lipinski definition) is 5. The lowest BCUT2D eigenvalue weighted by Gasteiger charge is -2.41. The Morgan fingerprint density at radius 3 is 1.39 bits per heavy atom. The standard InChI is InChI=1S/C16H34N10O5/c1-8(22-12(27)17-2)9(23-13(28)18-3)10(24-14(29)19-4)11(25-15(30)20-5)26(7)16(31)21-6/h8-11H,1-7H3,(H,21,31)(H2,17,22,27)(H2,18,23,28)(H2,19,24,29)(H2,20,25,30). The monoisotopic (exact) mass is 446 g/mol. The fraction of sp³-hybridized carbons (Fsp3) is 0.688. The molecule has 15 nitrogen and oxygen atoms in total. The molecule has 0 radical (unpaired) electrons. The molecule has 0 bridgehead atoms. The van der Waals surface area contributed by atoms with E-state index in [2.05, 4.69) is 47.9 Å². The SMILES string of the molecule is CNC(=O)NC(C)C(NC(=O)NC)C(NC(=O)NC)C(NC(=O)NC)N(C)C(=O)NC. The fourth-order valence-electron chi connectivity index (χ4n) is 2.64. The zero-order chi connectivity index (χ0) is 24.1. The van der Waals surface area contributed by atoms with Crippen LogP contribution in [0.1, 0.15) is 6.92 Å². The lowest BCUT2D eigenvalue weighted by Crippen LogP contribution is -2.72. The molecule has 0 fully saturated rings. The summed E-state index contributed by atoms with van der Waals surface area (Å²) in [6, 6.07) is -5.84. The van der Waals surface area contributed by atoms with Crippen molar-refractivity contribution in [2.75, 3.05) is 42.3 Å². The van der Waals surface area contributed by atoms with Crippen LogP contribution in [0.4, 0.5) is 24.0 Å². The van der Waals surface area contributed by atoms with Crippen molar-refractivity contribution in [3.8, 4) is 0 Å². The van der Waals surface area contributed by atoms with Crippen LogP contribution in [0.25, 0.3) is 0 Å². The molecular formula is C16H34N10O5. The molecule has 0 heterocycles. The van der Waals surface area contributed by atoms with E-state index in [0.29, 0.717) is 0 Å². The molecule has 31 heavy (non-hydrogen) atoms. The van der Waals surface area contributed by atoms with E-state index in [-0.39, 0.29) is 0 Å². The Balaban J connectivity index is 6.39. The van der Waals surface area contributed by atoms with E-state index in [1.165, 1.54) is 42.3 Å². The molecule has 15 heteroatoms. The van der Waals surface area contributed by atoms with Gasteiger partial charge in [0.15, 0.2) is 0 Å². The van der Waals surface area contributed by atoms with E-state index in [0.717, 1.165) is 4.90 Å². The number of carbonyl (C=O) groups is 5. The van der Waals surface area contributed by atoms with E-state index in [1.54, 1.807) is 6.92 Å². The summed E-state index contributed by atoms with van der Waals surface area (Å²) in [6.07, 6.45) is -1.15. The third kappa shape index (κ3) is 8.71. The van der Waals surface area contributed by atoms with Gasteiger partial charge in [-0.2, -0.15) is 0 Å². The zero-order valence-electron chi connectivity index (χ0n) is 18.8. The first-order valence-corrected chi connectivity index (χ1v) is 9.43. The Labute approximate surface area is 181 Å². The van der Waals surface area contributed by atoms with Gasteiger partial charge in [-0.25, -0.2) is 24.0 Å². The number of nitrogens with zero attached hydrogens (tertiary/aromatic N) is 1. The number of likely N-dealkylation sites (N-methyl/N-ethyl adjacent to an activating group) is 1. The molecule has 178 valence electrons. The minimum atomic E-state index is -1.15. The highest BCUT2D eigenvalue weighted by Crippen LogP contribution is 2.10. The first-order chi connectivity index (χ1) is 14.6. The van der Waals surface area contributed by atoms with Gasteiger partial charge >= 0.3 is 30.2 Å². The molecule has 0 aliphatic carbocycles. The molecule has 0 aliphatic rings. The summed E-state index contributed by atoms with van der Waals surface area (Å²) in [4.78, 5) is 61.8. The highest BCUT2D eigenvalue weighted by Gasteiger charge is 2.40. The molecule has 9 N–H and O–H groups in total. The van der Waals surface area contributed by atoms with Crippen LogP contribution in [0.15, 0.2) is 0 Å². The number of amides is 10. The highest BCUT2D eigenvalue weighted by atomic mass is 16.2. The van der Waals surface area contributed by atoms with E-state index in [9.17, 15) is 24.0 Å². The maximum absolute atomic E-state index is 12.3. The van der Waals surface area contributed by atoms with Crippen molar-refractivity contribution in [3.05, 3.63) is 0 Å². The van der Waals surface area contributed by atoms with Crippen LogP contribution in [-0.2, 0) is 0 Å². The Kier molecular flexibility index (Phi) is 12.0. The summed E-state index contributed by atoms with van der Waals surface area (Å²) >= 11 is 0. The average Bonchev–Trinajstić information content (AvgIpc) is 2.77. The van der Waals surface area contributed by atoms with Crippen molar-refractivity contribution in [2.45, 2.75) is 31.2 Å².